The molecule has 0 aromatic heterocycles. The lowest BCUT2D eigenvalue weighted by molar-refractivity contribution is -0.120. The van der Waals surface area contributed by atoms with E-state index in [1.165, 1.54) is 56.9 Å². The highest BCUT2D eigenvalue weighted by Crippen LogP contribution is 2.34. The first-order valence-electron chi connectivity index (χ1n) is 8.54. The molecule has 0 spiro atoms. The van der Waals surface area contributed by atoms with E-state index >= 15 is 0 Å². The highest BCUT2D eigenvalue weighted by molar-refractivity contribution is 5.97. The molecule has 0 heterocycles. The minimum absolute atomic E-state index is 0.360. The fourth-order valence-corrected chi connectivity index (χ4v) is 3.80. The van der Waals surface area contributed by atoms with Gasteiger partial charge in [0.25, 0.3) is 0 Å². The molecule has 19 heavy (non-hydrogen) atoms. The second-order valence-corrected chi connectivity index (χ2v) is 6.55. The number of Topliss-reactive ketones (excluding diaryl/α,β-unsaturated/α-hetero) is 1. The van der Waals surface area contributed by atoms with Crippen molar-refractivity contribution >= 4 is 5.78 Å². The van der Waals surface area contributed by atoms with Crippen LogP contribution in [0.2, 0.25) is 0 Å². The summed E-state index contributed by atoms with van der Waals surface area (Å²) in [6.07, 6.45) is 17.2. The lowest BCUT2D eigenvalue weighted by atomic mass is 9.76. The standard InChI is InChI=1S/C18H30O/c1-2-8-15-11-13-17(14-12-15)18(19)16-9-6-4-3-5-7-10-16/h9,15,17H,2-8,10-14H2,1H3. The normalized spacial score (nSPS) is 29.2. The van der Waals surface area contributed by atoms with Gasteiger partial charge in [-0.3, -0.25) is 4.79 Å². The van der Waals surface area contributed by atoms with Crippen LogP contribution in [-0.4, -0.2) is 5.78 Å². The van der Waals surface area contributed by atoms with E-state index in [0.717, 1.165) is 31.6 Å². The molecule has 108 valence electrons. The van der Waals surface area contributed by atoms with Crippen LogP contribution in [0.5, 0.6) is 0 Å². The van der Waals surface area contributed by atoms with Crippen LogP contribution in [-0.2, 0) is 4.79 Å². The molecule has 0 atom stereocenters. The molecule has 0 aliphatic heterocycles. The van der Waals surface area contributed by atoms with Gasteiger partial charge in [0.1, 0.15) is 0 Å². The molecule has 0 aromatic carbocycles. The van der Waals surface area contributed by atoms with Crippen molar-refractivity contribution in [2.75, 3.05) is 0 Å². The predicted octanol–water partition coefficient (Wildman–Crippen LogP) is 5.44. The van der Waals surface area contributed by atoms with Crippen LogP contribution in [0.1, 0.15) is 84.0 Å². The second-order valence-electron chi connectivity index (χ2n) is 6.55. The molecule has 1 fully saturated rings. The van der Waals surface area contributed by atoms with Crippen LogP contribution >= 0.6 is 0 Å². The second kappa shape index (κ2) is 7.87. The molecule has 2 aliphatic carbocycles. The Morgan fingerprint density at radius 2 is 1.84 bits per heavy atom. The van der Waals surface area contributed by atoms with E-state index in [1.54, 1.807) is 0 Å². The number of carbonyl (C=O) groups is 1. The summed E-state index contributed by atoms with van der Waals surface area (Å²) in [7, 11) is 0. The Labute approximate surface area is 118 Å². The summed E-state index contributed by atoms with van der Waals surface area (Å²) in [5.41, 5.74) is 1.18. The van der Waals surface area contributed by atoms with Crippen LogP contribution in [0, 0.1) is 11.8 Å². The van der Waals surface area contributed by atoms with Gasteiger partial charge in [0, 0.05) is 5.92 Å². The van der Waals surface area contributed by atoms with Crippen LogP contribution < -0.4 is 0 Å². The number of rotatable bonds is 4. The Morgan fingerprint density at radius 1 is 1.11 bits per heavy atom. The Kier molecular flexibility index (Phi) is 6.13. The largest absolute Gasteiger partial charge is 0.294 e. The fraction of sp³-hybridized carbons (Fsp3) is 0.833. The zero-order valence-corrected chi connectivity index (χ0v) is 12.6. The van der Waals surface area contributed by atoms with E-state index in [1.807, 2.05) is 0 Å². The maximum absolute atomic E-state index is 12.6. The quantitative estimate of drug-likeness (QED) is 0.659. The molecule has 2 aliphatic rings. The van der Waals surface area contributed by atoms with Crippen molar-refractivity contribution in [2.24, 2.45) is 11.8 Å². The van der Waals surface area contributed by atoms with Crippen molar-refractivity contribution in [1.82, 2.24) is 0 Å². The van der Waals surface area contributed by atoms with Gasteiger partial charge in [-0.25, -0.2) is 0 Å². The highest BCUT2D eigenvalue weighted by atomic mass is 16.1. The van der Waals surface area contributed by atoms with Crippen molar-refractivity contribution in [3.63, 3.8) is 0 Å². The summed E-state index contributed by atoms with van der Waals surface area (Å²) in [6.45, 7) is 2.27. The van der Waals surface area contributed by atoms with Crippen molar-refractivity contribution in [1.29, 1.82) is 0 Å². The number of hydrogen-bond donors (Lipinski definition) is 0. The zero-order valence-electron chi connectivity index (χ0n) is 12.6. The van der Waals surface area contributed by atoms with Gasteiger partial charge in [0.05, 0.1) is 0 Å². The fourth-order valence-electron chi connectivity index (χ4n) is 3.80. The van der Waals surface area contributed by atoms with E-state index in [-0.39, 0.29) is 0 Å². The molecule has 0 radical (unpaired) electrons. The van der Waals surface area contributed by atoms with Gasteiger partial charge in [-0.15, -0.1) is 0 Å². The minimum atomic E-state index is 0.360. The highest BCUT2D eigenvalue weighted by Gasteiger charge is 2.27. The minimum Gasteiger partial charge on any atom is -0.294 e. The van der Waals surface area contributed by atoms with Crippen molar-refractivity contribution < 1.29 is 4.79 Å². The van der Waals surface area contributed by atoms with Crippen LogP contribution in [0.25, 0.3) is 0 Å². The van der Waals surface area contributed by atoms with Gasteiger partial charge in [0.15, 0.2) is 5.78 Å². The lowest BCUT2D eigenvalue weighted by Crippen LogP contribution is -2.23. The molecule has 2 rings (SSSR count). The van der Waals surface area contributed by atoms with Crippen molar-refractivity contribution in [2.45, 2.75) is 84.0 Å². The first kappa shape index (κ1) is 14.8. The van der Waals surface area contributed by atoms with E-state index in [2.05, 4.69) is 13.0 Å². The van der Waals surface area contributed by atoms with Gasteiger partial charge < -0.3 is 0 Å². The third-order valence-corrected chi connectivity index (χ3v) is 5.02. The van der Waals surface area contributed by atoms with E-state index < -0.39 is 0 Å². The average molecular weight is 262 g/mol. The first-order valence-corrected chi connectivity index (χ1v) is 8.54. The molecule has 0 amide bonds. The summed E-state index contributed by atoms with van der Waals surface area (Å²) in [6, 6.07) is 0. The molecular weight excluding hydrogens is 232 g/mol. The summed E-state index contributed by atoms with van der Waals surface area (Å²) >= 11 is 0. The molecule has 0 N–H and O–H groups in total. The topological polar surface area (TPSA) is 17.1 Å². The Bertz CT molecular complexity index is 308. The van der Waals surface area contributed by atoms with E-state index in [4.69, 9.17) is 0 Å². The number of hydrogen-bond acceptors (Lipinski definition) is 1. The maximum Gasteiger partial charge on any atom is 0.161 e. The average Bonchev–Trinajstić information content (AvgIpc) is 2.39. The molecular formula is C18H30O. The summed E-state index contributed by atoms with van der Waals surface area (Å²) in [5, 5.41) is 0. The van der Waals surface area contributed by atoms with Gasteiger partial charge in [0.2, 0.25) is 0 Å². The molecule has 1 heteroatoms. The Balaban J connectivity index is 1.85. The van der Waals surface area contributed by atoms with Crippen LogP contribution in [0.4, 0.5) is 0 Å². The molecule has 0 unspecified atom stereocenters. The Morgan fingerprint density at radius 3 is 2.58 bits per heavy atom. The number of carbonyl (C=O) groups excluding carboxylic acids is 1. The SMILES string of the molecule is CCCC1CCC(C(=O)C2=CCCCCCC2)CC1. The molecule has 1 nitrogen and oxygen atoms in total. The predicted molar refractivity (Wildman–Crippen MR) is 81.1 cm³/mol. The number of ketones is 1. The third kappa shape index (κ3) is 4.47. The summed E-state index contributed by atoms with van der Waals surface area (Å²) in [5.74, 6) is 1.77. The van der Waals surface area contributed by atoms with Crippen LogP contribution in [0.3, 0.4) is 0 Å². The zero-order chi connectivity index (χ0) is 13.5. The number of allylic oxidation sites excluding steroid dienone is 2. The van der Waals surface area contributed by atoms with Gasteiger partial charge >= 0.3 is 0 Å². The summed E-state index contributed by atoms with van der Waals surface area (Å²) in [4.78, 5) is 12.6. The molecule has 0 aromatic rings. The Hall–Kier alpha value is -0.590. The van der Waals surface area contributed by atoms with E-state index in [0.29, 0.717) is 11.7 Å². The smallest absolute Gasteiger partial charge is 0.161 e. The van der Waals surface area contributed by atoms with Gasteiger partial charge in [-0.2, -0.15) is 0 Å². The van der Waals surface area contributed by atoms with Gasteiger partial charge in [-0.05, 0) is 62.9 Å². The van der Waals surface area contributed by atoms with Crippen molar-refractivity contribution in [3.05, 3.63) is 11.6 Å². The molecule has 1 saturated carbocycles. The summed E-state index contributed by atoms with van der Waals surface area (Å²) < 4.78 is 0. The van der Waals surface area contributed by atoms with E-state index in [9.17, 15) is 4.79 Å². The van der Waals surface area contributed by atoms with Crippen LogP contribution in [0.15, 0.2) is 11.6 Å². The molecule has 0 saturated heterocycles. The third-order valence-electron chi connectivity index (χ3n) is 5.02. The molecule has 0 bridgehead atoms. The van der Waals surface area contributed by atoms with Gasteiger partial charge in [-0.1, -0.05) is 38.7 Å². The first-order chi connectivity index (χ1) is 9.31. The lowest BCUT2D eigenvalue weighted by Gasteiger charge is -2.28. The maximum atomic E-state index is 12.6. The monoisotopic (exact) mass is 262 g/mol. The van der Waals surface area contributed by atoms with Crippen molar-refractivity contribution in [3.8, 4) is 0 Å².